The lowest BCUT2D eigenvalue weighted by Gasteiger charge is -2.23. The molecule has 2 rings (SSSR count). The van der Waals surface area contributed by atoms with Gasteiger partial charge in [0.1, 0.15) is 10.7 Å². The summed E-state index contributed by atoms with van der Waals surface area (Å²) in [5.74, 6) is 0. The predicted octanol–water partition coefficient (Wildman–Crippen LogP) is 5.54. The average Bonchev–Trinajstić information content (AvgIpc) is 2.48. The smallest absolute Gasteiger partial charge is 0.300 e. The summed E-state index contributed by atoms with van der Waals surface area (Å²) in [6.07, 6.45) is 0. The molecule has 0 heterocycles. The van der Waals surface area contributed by atoms with Crippen molar-refractivity contribution in [3.8, 4) is 0 Å². The van der Waals surface area contributed by atoms with E-state index in [0.29, 0.717) is 10.7 Å². The number of nitro benzene ring substituents is 2. The zero-order valence-corrected chi connectivity index (χ0v) is 14.7. The van der Waals surface area contributed by atoms with Crippen LogP contribution in [0.3, 0.4) is 0 Å². The van der Waals surface area contributed by atoms with Gasteiger partial charge in [0.25, 0.3) is 11.4 Å². The van der Waals surface area contributed by atoms with E-state index in [-0.39, 0.29) is 21.3 Å². The topological polar surface area (TPSA) is 89.5 Å². The van der Waals surface area contributed by atoms with Crippen molar-refractivity contribution in [1.82, 2.24) is 0 Å². The van der Waals surface area contributed by atoms with Crippen molar-refractivity contribution in [2.24, 2.45) is 0 Å². The molecule has 0 unspecified atom stereocenters. The van der Waals surface area contributed by atoms with Crippen molar-refractivity contribution in [3.05, 3.63) is 65.1 Å². The Morgan fingerprint density at radius 3 is 2.08 bits per heavy atom. The lowest BCUT2D eigenvalue weighted by atomic mass is 10.1. The van der Waals surface area contributed by atoms with Crippen LogP contribution in [-0.2, 0) is 0 Å². The Morgan fingerprint density at radius 2 is 1.58 bits per heavy atom. The van der Waals surface area contributed by atoms with Crippen LogP contribution in [0.25, 0.3) is 0 Å². The maximum Gasteiger partial charge on any atom is 0.300 e. The first-order chi connectivity index (χ1) is 11.1. The Balaban J connectivity index is 2.75. The van der Waals surface area contributed by atoms with Crippen LogP contribution in [0, 0.1) is 27.2 Å². The third-order valence-corrected chi connectivity index (χ3v) is 4.44. The molecule has 10 heteroatoms. The summed E-state index contributed by atoms with van der Waals surface area (Å²) in [7, 11) is 1.55. The molecule has 0 fully saturated rings. The Morgan fingerprint density at radius 1 is 1.00 bits per heavy atom. The number of halogens is 3. The van der Waals surface area contributed by atoms with Gasteiger partial charge in [-0.1, -0.05) is 34.8 Å². The van der Waals surface area contributed by atoms with Gasteiger partial charge in [-0.25, -0.2) is 0 Å². The fourth-order valence-corrected chi connectivity index (χ4v) is 3.07. The summed E-state index contributed by atoms with van der Waals surface area (Å²) in [4.78, 5) is 22.4. The van der Waals surface area contributed by atoms with Crippen LogP contribution in [0.15, 0.2) is 24.3 Å². The molecular weight excluding hydrogens is 381 g/mol. The Bertz CT molecular complexity index is 858. The molecule has 2 aromatic rings. The fraction of sp³-hybridized carbons (Fsp3) is 0.143. The monoisotopic (exact) mass is 389 g/mol. The summed E-state index contributed by atoms with van der Waals surface area (Å²) in [5, 5.41) is 22.9. The van der Waals surface area contributed by atoms with E-state index < -0.39 is 21.2 Å². The summed E-state index contributed by atoms with van der Waals surface area (Å²) < 4.78 is 0. The third-order valence-electron chi connectivity index (χ3n) is 3.43. The molecule has 0 saturated heterocycles. The van der Waals surface area contributed by atoms with Crippen LogP contribution in [0.2, 0.25) is 15.1 Å². The van der Waals surface area contributed by atoms with E-state index in [4.69, 9.17) is 34.8 Å². The minimum absolute atomic E-state index is 0.111. The van der Waals surface area contributed by atoms with Crippen LogP contribution in [0.5, 0.6) is 0 Å². The second kappa shape index (κ2) is 6.80. The number of nitrogens with zero attached hydrogens (tertiary/aromatic N) is 3. The molecule has 126 valence electrons. The van der Waals surface area contributed by atoms with Crippen LogP contribution in [0.4, 0.5) is 22.7 Å². The van der Waals surface area contributed by atoms with Crippen LogP contribution in [0.1, 0.15) is 5.56 Å². The van der Waals surface area contributed by atoms with Crippen molar-refractivity contribution in [1.29, 1.82) is 0 Å². The molecule has 0 radical (unpaired) electrons. The molecule has 0 atom stereocenters. The first-order valence-electron chi connectivity index (χ1n) is 6.45. The molecule has 0 saturated carbocycles. The quantitative estimate of drug-likeness (QED) is 0.505. The SMILES string of the molecule is Cc1c(Cl)c([N+](=O)[O-])cc([N+](=O)[O-])c1N(C)c1ccc(Cl)cc1Cl. The van der Waals surface area contributed by atoms with Gasteiger partial charge < -0.3 is 4.90 Å². The zero-order chi connectivity index (χ0) is 18.2. The molecule has 0 aliphatic carbocycles. The van der Waals surface area contributed by atoms with Crippen LogP contribution < -0.4 is 4.90 Å². The molecular formula is C14H10Cl3N3O4. The highest BCUT2D eigenvalue weighted by atomic mass is 35.5. The molecule has 0 bridgehead atoms. The van der Waals surface area contributed by atoms with Crippen LogP contribution in [-0.4, -0.2) is 16.9 Å². The lowest BCUT2D eigenvalue weighted by Crippen LogP contribution is -2.14. The molecule has 2 aromatic carbocycles. The number of rotatable bonds is 4. The fourth-order valence-electron chi connectivity index (χ4n) is 2.32. The second-order valence-corrected chi connectivity index (χ2v) is 6.09. The number of anilines is 2. The molecule has 0 N–H and O–H groups in total. The highest BCUT2D eigenvalue weighted by Crippen LogP contribution is 2.45. The van der Waals surface area contributed by atoms with E-state index in [2.05, 4.69) is 0 Å². The van der Waals surface area contributed by atoms with Crippen molar-refractivity contribution in [3.63, 3.8) is 0 Å². The van der Waals surface area contributed by atoms with E-state index in [1.807, 2.05) is 0 Å². The van der Waals surface area contributed by atoms with Gasteiger partial charge in [-0.05, 0) is 25.1 Å². The second-order valence-electron chi connectivity index (χ2n) is 4.87. The maximum atomic E-state index is 11.4. The van der Waals surface area contributed by atoms with Gasteiger partial charge in [0.2, 0.25) is 0 Å². The van der Waals surface area contributed by atoms with E-state index in [9.17, 15) is 20.2 Å². The number of hydrogen-bond donors (Lipinski definition) is 0. The molecule has 24 heavy (non-hydrogen) atoms. The highest BCUT2D eigenvalue weighted by Gasteiger charge is 2.30. The van der Waals surface area contributed by atoms with Crippen molar-refractivity contribution >= 4 is 57.6 Å². The highest BCUT2D eigenvalue weighted by molar-refractivity contribution is 6.36. The summed E-state index contributed by atoms with van der Waals surface area (Å²) >= 11 is 18.0. The first kappa shape index (κ1) is 18.3. The predicted molar refractivity (Wildman–Crippen MR) is 94.0 cm³/mol. The van der Waals surface area contributed by atoms with E-state index in [1.54, 1.807) is 19.2 Å². The van der Waals surface area contributed by atoms with Crippen molar-refractivity contribution < 1.29 is 9.85 Å². The molecule has 0 aliphatic rings. The van der Waals surface area contributed by atoms with Gasteiger partial charge in [-0.2, -0.15) is 0 Å². The summed E-state index contributed by atoms with van der Waals surface area (Å²) in [6, 6.07) is 5.49. The van der Waals surface area contributed by atoms with Gasteiger partial charge >= 0.3 is 0 Å². The van der Waals surface area contributed by atoms with Gasteiger partial charge in [0.15, 0.2) is 0 Å². The number of benzene rings is 2. The number of hydrogen-bond acceptors (Lipinski definition) is 5. The van der Waals surface area contributed by atoms with E-state index in [1.165, 1.54) is 17.9 Å². The summed E-state index contributed by atoms with van der Waals surface area (Å²) in [5.41, 5.74) is -0.222. The van der Waals surface area contributed by atoms with Gasteiger partial charge in [-0.15, -0.1) is 0 Å². The Hall–Kier alpha value is -2.09. The van der Waals surface area contributed by atoms with E-state index in [0.717, 1.165) is 6.07 Å². The molecule has 0 amide bonds. The minimum atomic E-state index is -0.763. The van der Waals surface area contributed by atoms with Gasteiger partial charge in [0.05, 0.1) is 26.6 Å². The molecule has 0 aromatic heterocycles. The van der Waals surface area contributed by atoms with Gasteiger partial charge in [0, 0.05) is 17.6 Å². The van der Waals surface area contributed by atoms with Crippen molar-refractivity contribution in [2.75, 3.05) is 11.9 Å². The minimum Gasteiger partial charge on any atom is -0.338 e. The Labute approximate surface area is 151 Å². The maximum absolute atomic E-state index is 11.4. The molecule has 0 aliphatic heterocycles. The van der Waals surface area contributed by atoms with Crippen LogP contribution >= 0.6 is 34.8 Å². The largest absolute Gasteiger partial charge is 0.338 e. The molecule has 7 nitrogen and oxygen atoms in total. The first-order valence-corrected chi connectivity index (χ1v) is 7.59. The normalized spacial score (nSPS) is 10.5. The van der Waals surface area contributed by atoms with Gasteiger partial charge in [-0.3, -0.25) is 20.2 Å². The third kappa shape index (κ3) is 3.24. The molecule has 0 spiro atoms. The standard InChI is InChI=1S/C14H10Cl3N3O4/c1-7-13(17)11(19(21)22)6-12(20(23)24)14(7)18(2)10-4-3-8(15)5-9(10)16/h3-6H,1-2H3. The Kier molecular flexibility index (Phi) is 5.17. The van der Waals surface area contributed by atoms with E-state index >= 15 is 0 Å². The zero-order valence-electron chi connectivity index (χ0n) is 12.4. The number of nitro groups is 2. The average molecular weight is 391 g/mol. The van der Waals surface area contributed by atoms with Crippen molar-refractivity contribution in [2.45, 2.75) is 6.92 Å². The lowest BCUT2D eigenvalue weighted by molar-refractivity contribution is -0.393. The summed E-state index contributed by atoms with van der Waals surface area (Å²) in [6.45, 7) is 1.47.